The third-order valence-corrected chi connectivity index (χ3v) is 5.45. The average molecular weight is 336 g/mol. The fourth-order valence-electron chi connectivity index (χ4n) is 3.01. The number of halogens is 1. The van der Waals surface area contributed by atoms with Crippen molar-refractivity contribution in [3.05, 3.63) is 35.4 Å². The van der Waals surface area contributed by atoms with Gasteiger partial charge in [-0.2, -0.15) is 0 Å². The van der Waals surface area contributed by atoms with Gasteiger partial charge in [-0.3, -0.25) is 9.69 Å². The van der Waals surface area contributed by atoms with Gasteiger partial charge in [-0.05, 0) is 43.8 Å². The Balaban J connectivity index is 1.58. The van der Waals surface area contributed by atoms with Crippen molar-refractivity contribution in [1.29, 1.82) is 0 Å². The van der Waals surface area contributed by atoms with E-state index in [4.69, 9.17) is 0 Å². The maximum atomic E-state index is 12.3. The zero-order valence-electron chi connectivity index (χ0n) is 11.9. The number of carbonyl (C=O) groups is 1. The first-order valence-corrected chi connectivity index (χ1v) is 8.65. The Labute approximate surface area is 129 Å². The van der Waals surface area contributed by atoms with Crippen LogP contribution in [0.2, 0.25) is 0 Å². The maximum Gasteiger partial charge on any atom is 0.176 e. The Morgan fingerprint density at radius 2 is 1.70 bits per heavy atom. The molecule has 2 fully saturated rings. The van der Waals surface area contributed by atoms with Crippen molar-refractivity contribution in [1.82, 2.24) is 4.90 Å². The van der Waals surface area contributed by atoms with Crippen molar-refractivity contribution in [2.75, 3.05) is 19.6 Å². The third-order valence-electron chi connectivity index (χ3n) is 4.44. The first-order chi connectivity index (χ1) is 9.74. The standard InChI is InChI=1S/C17H22BrNO/c18-16-11-15(16)13-5-7-14(8-6-13)17(20)12-19-9-3-1-2-4-10-19/h5-8,15-16H,1-4,9-12H2/t15-,16-/m0/s1. The minimum Gasteiger partial charge on any atom is -0.296 e. The van der Waals surface area contributed by atoms with Gasteiger partial charge < -0.3 is 0 Å². The van der Waals surface area contributed by atoms with E-state index >= 15 is 0 Å². The van der Waals surface area contributed by atoms with Gasteiger partial charge in [-0.15, -0.1) is 0 Å². The van der Waals surface area contributed by atoms with Gasteiger partial charge in [0.1, 0.15) is 0 Å². The first-order valence-electron chi connectivity index (χ1n) is 7.73. The maximum absolute atomic E-state index is 12.3. The van der Waals surface area contributed by atoms with Crippen LogP contribution in [-0.4, -0.2) is 35.1 Å². The lowest BCUT2D eigenvalue weighted by Crippen LogP contribution is -2.30. The smallest absolute Gasteiger partial charge is 0.176 e. The minimum absolute atomic E-state index is 0.268. The summed E-state index contributed by atoms with van der Waals surface area (Å²) in [7, 11) is 0. The van der Waals surface area contributed by atoms with Gasteiger partial charge >= 0.3 is 0 Å². The first kappa shape index (κ1) is 14.3. The summed E-state index contributed by atoms with van der Waals surface area (Å²) in [6.07, 6.45) is 6.32. The molecule has 0 radical (unpaired) electrons. The highest BCUT2D eigenvalue weighted by molar-refractivity contribution is 9.09. The molecule has 3 rings (SSSR count). The Bertz CT molecular complexity index is 462. The van der Waals surface area contributed by atoms with Crippen LogP contribution in [0.1, 0.15) is 53.9 Å². The summed E-state index contributed by atoms with van der Waals surface area (Å²) in [5, 5.41) is 0. The Morgan fingerprint density at radius 3 is 2.25 bits per heavy atom. The van der Waals surface area contributed by atoms with Crippen molar-refractivity contribution in [3.8, 4) is 0 Å². The number of rotatable bonds is 4. The molecule has 1 aliphatic heterocycles. The van der Waals surface area contributed by atoms with Crippen LogP contribution in [0, 0.1) is 0 Å². The molecule has 0 aromatic heterocycles. The highest BCUT2D eigenvalue weighted by Crippen LogP contribution is 2.46. The predicted octanol–water partition coefficient (Wildman–Crippen LogP) is 4.00. The number of carbonyl (C=O) groups excluding carboxylic acids is 1. The molecule has 2 aliphatic rings. The van der Waals surface area contributed by atoms with Gasteiger partial charge in [-0.1, -0.05) is 53.0 Å². The molecule has 1 saturated heterocycles. The van der Waals surface area contributed by atoms with E-state index in [1.54, 1.807) is 0 Å². The highest BCUT2D eigenvalue weighted by Gasteiger charge is 2.35. The second-order valence-corrected chi connectivity index (χ2v) is 7.27. The van der Waals surface area contributed by atoms with Crippen LogP contribution in [0.4, 0.5) is 0 Å². The van der Waals surface area contributed by atoms with E-state index in [0.717, 1.165) is 18.7 Å². The van der Waals surface area contributed by atoms with Gasteiger partial charge in [-0.25, -0.2) is 0 Å². The quantitative estimate of drug-likeness (QED) is 0.612. The number of nitrogens with zero attached hydrogens (tertiary/aromatic N) is 1. The summed E-state index contributed by atoms with van der Waals surface area (Å²) in [6, 6.07) is 8.27. The van der Waals surface area contributed by atoms with Crippen LogP contribution in [0.5, 0.6) is 0 Å². The SMILES string of the molecule is O=C(CN1CCCCCC1)c1ccc([C@@H]2C[C@@H]2Br)cc1. The molecular weight excluding hydrogens is 314 g/mol. The molecule has 108 valence electrons. The number of ketones is 1. The van der Waals surface area contributed by atoms with Crippen LogP contribution in [0.25, 0.3) is 0 Å². The highest BCUT2D eigenvalue weighted by atomic mass is 79.9. The largest absolute Gasteiger partial charge is 0.296 e. The van der Waals surface area contributed by atoms with Gasteiger partial charge in [0.25, 0.3) is 0 Å². The number of hydrogen-bond donors (Lipinski definition) is 0. The van der Waals surface area contributed by atoms with Crippen molar-refractivity contribution in [3.63, 3.8) is 0 Å². The molecule has 1 aromatic rings. The molecule has 2 atom stereocenters. The molecule has 0 unspecified atom stereocenters. The topological polar surface area (TPSA) is 20.3 Å². The normalized spacial score (nSPS) is 27.1. The monoisotopic (exact) mass is 335 g/mol. The average Bonchev–Trinajstić information content (AvgIpc) is 3.23. The van der Waals surface area contributed by atoms with Crippen molar-refractivity contribution in [2.24, 2.45) is 0 Å². The fourth-order valence-corrected chi connectivity index (χ4v) is 3.72. The second-order valence-electron chi connectivity index (χ2n) is 6.09. The second kappa shape index (κ2) is 6.40. The molecule has 0 N–H and O–H groups in total. The molecule has 1 heterocycles. The summed E-state index contributed by atoms with van der Waals surface area (Å²) in [5.41, 5.74) is 2.22. The Hall–Kier alpha value is -0.670. The van der Waals surface area contributed by atoms with E-state index in [2.05, 4.69) is 33.0 Å². The van der Waals surface area contributed by atoms with Crippen LogP contribution in [-0.2, 0) is 0 Å². The lowest BCUT2D eigenvalue weighted by molar-refractivity contribution is 0.0933. The molecule has 0 spiro atoms. The van der Waals surface area contributed by atoms with Gasteiger partial charge in [0.05, 0.1) is 6.54 Å². The fraction of sp³-hybridized carbons (Fsp3) is 0.588. The van der Waals surface area contributed by atoms with Gasteiger partial charge in [0.15, 0.2) is 5.78 Å². The van der Waals surface area contributed by atoms with Crippen LogP contribution in [0.3, 0.4) is 0 Å². The summed E-state index contributed by atoms with van der Waals surface area (Å²) < 4.78 is 0. The van der Waals surface area contributed by atoms with Gasteiger partial charge in [0.2, 0.25) is 0 Å². The van der Waals surface area contributed by atoms with E-state index in [1.165, 1.54) is 37.7 Å². The molecule has 20 heavy (non-hydrogen) atoms. The zero-order chi connectivity index (χ0) is 13.9. The summed E-state index contributed by atoms with van der Waals surface area (Å²) in [6.45, 7) is 2.75. The summed E-state index contributed by atoms with van der Waals surface area (Å²) in [4.78, 5) is 15.3. The molecule has 1 saturated carbocycles. The number of Topliss-reactive ketones (excluding diaryl/α,β-unsaturated/α-hetero) is 1. The number of hydrogen-bond acceptors (Lipinski definition) is 2. The summed E-state index contributed by atoms with van der Waals surface area (Å²) >= 11 is 3.63. The van der Waals surface area contributed by atoms with Crippen LogP contribution >= 0.6 is 15.9 Å². The summed E-state index contributed by atoms with van der Waals surface area (Å²) in [5.74, 6) is 0.925. The lowest BCUT2D eigenvalue weighted by atomic mass is 10.1. The number of benzene rings is 1. The predicted molar refractivity (Wildman–Crippen MR) is 85.8 cm³/mol. The number of alkyl halides is 1. The van der Waals surface area contributed by atoms with Crippen molar-refractivity contribution in [2.45, 2.75) is 42.8 Å². The molecule has 0 bridgehead atoms. The molecule has 1 aromatic carbocycles. The van der Waals surface area contributed by atoms with Crippen LogP contribution in [0.15, 0.2) is 24.3 Å². The zero-order valence-corrected chi connectivity index (χ0v) is 13.4. The molecule has 2 nitrogen and oxygen atoms in total. The van der Waals surface area contributed by atoms with E-state index in [-0.39, 0.29) is 5.78 Å². The van der Waals surface area contributed by atoms with Gasteiger partial charge in [0, 0.05) is 10.4 Å². The third kappa shape index (κ3) is 3.50. The Morgan fingerprint density at radius 1 is 1.10 bits per heavy atom. The van der Waals surface area contributed by atoms with E-state index in [1.807, 2.05) is 12.1 Å². The Kier molecular flexibility index (Phi) is 4.57. The van der Waals surface area contributed by atoms with E-state index in [0.29, 0.717) is 17.3 Å². The minimum atomic E-state index is 0.268. The molecular formula is C17H22BrNO. The van der Waals surface area contributed by atoms with Crippen LogP contribution < -0.4 is 0 Å². The lowest BCUT2D eigenvalue weighted by Gasteiger charge is -2.18. The number of likely N-dealkylation sites (tertiary alicyclic amines) is 1. The van der Waals surface area contributed by atoms with E-state index < -0.39 is 0 Å². The van der Waals surface area contributed by atoms with Crippen molar-refractivity contribution >= 4 is 21.7 Å². The molecule has 3 heteroatoms. The van der Waals surface area contributed by atoms with Crippen molar-refractivity contribution < 1.29 is 4.79 Å². The van der Waals surface area contributed by atoms with E-state index in [9.17, 15) is 4.79 Å². The molecule has 0 amide bonds. The molecule has 1 aliphatic carbocycles.